The summed E-state index contributed by atoms with van der Waals surface area (Å²) in [6.45, 7) is 6.98. The third-order valence-corrected chi connectivity index (χ3v) is 3.90. The van der Waals surface area contributed by atoms with Crippen molar-refractivity contribution >= 4 is 27.5 Å². The predicted octanol–water partition coefficient (Wildman–Crippen LogP) is 3.85. The Balaban J connectivity index is 2.52. The van der Waals surface area contributed by atoms with E-state index < -0.39 is 0 Å². The molecule has 0 bridgehead atoms. The van der Waals surface area contributed by atoms with E-state index in [0.717, 1.165) is 28.6 Å². The van der Waals surface area contributed by atoms with Gasteiger partial charge < -0.3 is 11.1 Å². The van der Waals surface area contributed by atoms with Crippen molar-refractivity contribution in [3.8, 4) is 0 Å². The summed E-state index contributed by atoms with van der Waals surface area (Å²) >= 11 is 3.46. The van der Waals surface area contributed by atoms with Crippen LogP contribution in [0.4, 0.5) is 5.69 Å². The molecule has 1 rings (SSSR count). The third kappa shape index (κ3) is 5.74. The lowest BCUT2D eigenvalue weighted by Gasteiger charge is -2.23. The first-order valence-corrected chi connectivity index (χ1v) is 7.39. The van der Waals surface area contributed by atoms with Crippen molar-refractivity contribution in [2.24, 2.45) is 11.1 Å². The standard InChI is InChI=1S/C15H23BrN2O/c1-11-4-5-13(12(16)10-11)18-14(19)6-7-15(2,3)8-9-17/h4-5,10H,6-9,17H2,1-3H3,(H,18,19). The van der Waals surface area contributed by atoms with Crippen LogP contribution in [-0.2, 0) is 4.79 Å². The molecule has 106 valence electrons. The molecule has 0 fully saturated rings. The molecule has 1 aromatic carbocycles. The molecule has 0 aromatic heterocycles. The van der Waals surface area contributed by atoms with Crippen LogP contribution < -0.4 is 11.1 Å². The number of carbonyl (C=O) groups excluding carboxylic acids is 1. The highest BCUT2D eigenvalue weighted by Gasteiger charge is 2.18. The molecule has 3 nitrogen and oxygen atoms in total. The van der Waals surface area contributed by atoms with Crippen molar-refractivity contribution in [3.05, 3.63) is 28.2 Å². The number of rotatable bonds is 6. The van der Waals surface area contributed by atoms with E-state index in [1.807, 2.05) is 25.1 Å². The SMILES string of the molecule is Cc1ccc(NC(=O)CCC(C)(C)CCN)c(Br)c1. The lowest BCUT2D eigenvalue weighted by molar-refractivity contribution is -0.116. The Labute approximate surface area is 124 Å². The molecule has 0 radical (unpaired) electrons. The first-order chi connectivity index (χ1) is 8.84. The molecule has 0 aliphatic rings. The Morgan fingerprint density at radius 2 is 2.05 bits per heavy atom. The fourth-order valence-corrected chi connectivity index (χ4v) is 2.49. The lowest BCUT2D eigenvalue weighted by atomic mass is 9.84. The molecule has 0 saturated carbocycles. The quantitative estimate of drug-likeness (QED) is 0.834. The first kappa shape index (κ1) is 16.2. The van der Waals surface area contributed by atoms with Gasteiger partial charge in [-0.05, 0) is 65.4 Å². The number of hydrogen-bond acceptors (Lipinski definition) is 2. The number of hydrogen-bond donors (Lipinski definition) is 2. The maximum atomic E-state index is 11.9. The highest BCUT2D eigenvalue weighted by molar-refractivity contribution is 9.10. The number of anilines is 1. The van der Waals surface area contributed by atoms with Gasteiger partial charge >= 0.3 is 0 Å². The predicted molar refractivity (Wildman–Crippen MR) is 84.2 cm³/mol. The van der Waals surface area contributed by atoms with Crippen LogP contribution in [0.25, 0.3) is 0 Å². The molecule has 1 aromatic rings. The van der Waals surface area contributed by atoms with E-state index in [2.05, 4.69) is 35.1 Å². The third-order valence-electron chi connectivity index (χ3n) is 3.25. The maximum absolute atomic E-state index is 11.9. The van der Waals surface area contributed by atoms with E-state index in [4.69, 9.17) is 5.73 Å². The summed E-state index contributed by atoms with van der Waals surface area (Å²) in [5.74, 6) is 0.0506. The zero-order valence-corrected chi connectivity index (χ0v) is 13.5. The topological polar surface area (TPSA) is 55.1 Å². The molecule has 3 N–H and O–H groups in total. The molecule has 0 unspecified atom stereocenters. The van der Waals surface area contributed by atoms with Gasteiger partial charge in [0.15, 0.2) is 0 Å². The van der Waals surface area contributed by atoms with Gasteiger partial charge in [0.2, 0.25) is 5.91 Å². The lowest BCUT2D eigenvalue weighted by Crippen LogP contribution is -2.20. The number of nitrogens with two attached hydrogens (primary N) is 1. The van der Waals surface area contributed by atoms with Crippen molar-refractivity contribution in [1.82, 2.24) is 0 Å². The number of carbonyl (C=O) groups is 1. The van der Waals surface area contributed by atoms with Crippen molar-refractivity contribution in [2.75, 3.05) is 11.9 Å². The van der Waals surface area contributed by atoms with Gasteiger partial charge in [-0.25, -0.2) is 0 Å². The molecule has 0 spiro atoms. The zero-order chi connectivity index (χ0) is 14.5. The molecule has 0 atom stereocenters. The first-order valence-electron chi connectivity index (χ1n) is 6.60. The number of halogens is 1. The van der Waals surface area contributed by atoms with Crippen LogP contribution >= 0.6 is 15.9 Å². The Kier molecular flexibility index (Phi) is 6.01. The van der Waals surface area contributed by atoms with Gasteiger partial charge in [0.1, 0.15) is 0 Å². The second kappa shape index (κ2) is 7.06. The molecule has 0 heterocycles. The Morgan fingerprint density at radius 1 is 1.37 bits per heavy atom. The van der Waals surface area contributed by atoms with Crippen LogP contribution in [0.3, 0.4) is 0 Å². The van der Waals surface area contributed by atoms with Crippen molar-refractivity contribution < 1.29 is 4.79 Å². The minimum atomic E-state index is 0.0506. The van der Waals surface area contributed by atoms with Gasteiger partial charge in [0, 0.05) is 10.9 Å². The van der Waals surface area contributed by atoms with Crippen molar-refractivity contribution in [1.29, 1.82) is 0 Å². The number of benzene rings is 1. The fourth-order valence-electron chi connectivity index (χ4n) is 1.90. The second-order valence-electron chi connectivity index (χ2n) is 5.73. The highest BCUT2D eigenvalue weighted by Crippen LogP contribution is 2.27. The van der Waals surface area contributed by atoms with E-state index in [1.54, 1.807) is 0 Å². The molecular weight excluding hydrogens is 304 g/mol. The van der Waals surface area contributed by atoms with Crippen LogP contribution in [0.15, 0.2) is 22.7 Å². The van der Waals surface area contributed by atoms with Gasteiger partial charge in [0.25, 0.3) is 0 Å². The highest BCUT2D eigenvalue weighted by atomic mass is 79.9. The maximum Gasteiger partial charge on any atom is 0.224 e. The van der Waals surface area contributed by atoms with E-state index in [9.17, 15) is 4.79 Å². The van der Waals surface area contributed by atoms with Crippen molar-refractivity contribution in [2.45, 2.75) is 40.0 Å². The van der Waals surface area contributed by atoms with Crippen LogP contribution in [0.5, 0.6) is 0 Å². The minimum Gasteiger partial charge on any atom is -0.330 e. The van der Waals surface area contributed by atoms with Gasteiger partial charge in [-0.15, -0.1) is 0 Å². The van der Waals surface area contributed by atoms with Crippen LogP contribution in [0, 0.1) is 12.3 Å². The number of amides is 1. The van der Waals surface area contributed by atoms with E-state index in [0.29, 0.717) is 13.0 Å². The van der Waals surface area contributed by atoms with E-state index in [-0.39, 0.29) is 11.3 Å². The van der Waals surface area contributed by atoms with Gasteiger partial charge in [-0.3, -0.25) is 4.79 Å². The van der Waals surface area contributed by atoms with Gasteiger partial charge in [-0.2, -0.15) is 0 Å². The summed E-state index contributed by atoms with van der Waals surface area (Å²) in [4.78, 5) is 11.9. The molecule has 4 heteroatoms. The van der Waals surface area contributed by atoms with Crippen LogP contribution in [-0.4, -0.2) is 12.5 Å². The molecule has 1 amide bonds. The summed E-state index contributed by atoms with van der Waals surface area (Å²) in [6, 6.07) is 5.90. The summed E-state index contributed by atoms with van der Waals surface area (Å²) in [5, 5.41) is 2.94. The van der Waals surface area contributed by atoms with Crippen LogP contribution in [0.1, 0.15) is 38.7 Å². The Morgan fingerprint density at radius 3 is 2.63 bits per heavy atom. The monoisotopic (exact) mass is 326 g/mol. The van der Waals surface area contributed by atoms with Crippen LogP contribution in [0.2, 0.25) is 0 Å². The molecular formula is C15H23BrN2O. The van der Waals surface area contributed by atoms with E-state index >= 15 is 0 Å². The summed E-state index contributed by atoms with van der Waals surface area (Å²) < 4.78 is 0.919. The van der Waals surface area contributed by atoms with E-state index in [1.165, 1.54) is 0 Å². The van der Waals surface area contributed by atoms with Gasteiger partial charge in [-0.1, -0.05) is 19.9 Å². The van der Waals surface area contributed by atoms with Crippen molar-refractivity contribution in [3.63, 3.8) is 0 Å². The molecule has 0 aliphatic heterocycles. The zero-order valence-electron chi connectivity index (χ0n) is 11.9. The average molecular weight is 327 g/mol. The molecule has 19 heavy (non-hydrogen) atoms. The normalized spacial score (nSPS) is 11.4. The summed E-state index contributed by atoms with van der Waals surface area (Å²) in [6.07, 6.45) is 2.31. The number of aryl methyl sites for hydroxylation is 1. The smallest absolute Gasteiger partial charge is 0.224 e. The second-order valence-corrected chi connectivity index (χ2v) is 6.59. The minimum absolute atomic E-state index is 0.0506. The number of nitrogens with one attached hydrogen (secondary N) is 1. The summed E-state index contributed by atoms with van der Waals surface area (Å²) in [7, 11) is 0. The molecule has 0 saturated heterocycles. The Bertz CT molecular complexity index is 444. The molecule has 0 aliphatic carbocycles. The largest absolute Gasteiger partial charge is 0.330 e. The van der Waals surface area contributed by atoms with Gasteiger partial charge in [0.05, 0.1) is 5.69 Å². The fraction of sp³-hybridized carbons (Fsp3) is 0.533. The Hall–Kier alpha value is -0.870. The average Bonchev–Trinajstić information content (AvgIpc) is 2.30. The summed E-state index contributed by atoms with van der Waals surface area (Å²) in [5.41, 5.74) is 7.68.